The van der Waals surface area contributed by atoms with E-state index in [1.54, 1.807) is 18.2 Å². The largest absolute Gasteiger partial charge is 0.489 e. The Morgan fingerprint density at radius 3 is 2.12 bits per heavy atom. The maximum atomic E-state index is 11.2. The standard InChI is InChI=1S/C22H28O3/c1-21(2,3)15-22(4,5)17-10-12-18(13-11-17)25-14-16-8-6-7-9-19(16)20(23)24/h6-13H,14-15H2,1-5H3,(H,23,24). The number of aromatic carboxylic acids is 1. The molecule has 2 aromatic carbocycles. The summed E-state index contributed by atoms with van der Waals surface area (Å²) in [5, 5.41) is 9.23. The Bertz CT molecular complexity index is 722. The van der Waals surface area contributed by atoms with E-state index in [1.807, 2.05) is 18.2 Å². The summed E-state index contributed by atoms with van der Waals surface area (Å²) in [6.45, 7) is 11.5. The van der Waals surface area contributed by atoms with E-state index in [9.17, 15) is 9.90 Å². The number of hydrogen-bond donors (Lipinski definition) is 1. The van der Waals surface area contributed by atoms with Crippen LogP contribution in [0.5, 0.6) is 5.75 Å². The minimum atomic E-state index is -0.932. The first-order valence-corrected chi connectivity index (χ1v) is 8.63. The van der Waals surface area contributed by atoms with E-state index in [0.29, 0.717) is 5.56 Å². The molecule has 0 aromatic heterocycles. The molecule has 1 N–H and O–H groups in total. The summed E-state index contributed by atoms with van der Waals surface area (Å²) in [5.74, 6) is -0.186. The summed E-state index contributed by atoms with van der Waals surface area (Å²) in [4.78, 5) is 11.2. The van der Waals surface area contributed by atoms with Gasteiger partial charge < -0.3 is 9.84 Å². The Hall–Kier alpha value is -2.29. The minimum absolute atomic E-state index is 0.0900. The van der Waals surface area contributed by atoms with Gasteiger partial charge in [-0.05, 0) is 41.0 Å². The van der Waals surface area contributed by atoms with E-state index in [2.05, 4.69) is 46.8 Å². The van der Waals surface area contributed by atoms with Crippen LogP contribution in [-0.4, -0.2) is 11.1 Å². The molecule has 0 aliphatic heterocycles. The van der Waals surface area contributed by atoms with Gasteiger partial charge in [-0.1, -0.05) is 65.0 Å². The average Bonchev–Trinajstić information content (AvgIpc) is 2.51. The van der Waals surface area contributed by atoms with Gasteiger partial charge in [-0.3, -0.25) is 0 Å². The first-order chi connectivity index (χ1) is 11.6. The number of carboxylic acids is 1. The van der Waals surface area contributed by atoms with Gasteiger partial charge in [0.2, 0.25) is 0 Å². The van der Waals surface area contributed by atoms with E-state index < -0.39 is 5.97 Å². The average molecular weight is 340 g/mol. The van der Waals surface area contributed by atoms with Gasteiger partial charge in [0, 0.05) is 5.56 Å². The Balaban J connectivity index is 2.08. The normalized spacial score (nSPS) is 12.0. The molecule has 0 radical (unpaired) electrons. The predicted molar refractivity (Wildman–Crippen MR) is 101 cm³/mol. The van der Waals surface area contributed by atoms with Crippen LogP contribution < -0.4 is 4.74 Å². The van der Waals surface area contributed by atoms with Gasteiger partial charge in [-0.2, -0.15) is 0 Å². The molecule has 0 amide bonds. The fraction of sp³-hybridized carbons (Fsp3) is 0.409. The molecular weight excluding hydrogens is 312 g/mol. The van der Waals surface area contributed by atoms with Gasteiger partial charge in [0.1, 0.15) is 12.4 Å². The second-order valence-corrected chi connectivity index (χ2v) is 8.40. The van der Waals surface area contributed by atoms with Crippen LogP contribution in [0.15, 0.2) is 48.5 Å². The van der Waals surface area contributed by atoms with Gasteiger partial charge >= 0.3 is 5.97 Å². The van der Waals surface area contributed by atoms with E-state index in [4.69, 9.17) is 4.74 Å². The van der Waals surface area contributed by atoms with Crippen LogP contribution in [0.25, 0.3) is 0 Å². The lowest BCUT2D eigenvalue weighted by Gasteiger charge is -2.33. The summed E-state index contributed by atoms with van der Waals surface area (Å²) in [5.41, 5.74) is 2.59. The Labute approximate surface area is 150 Å². The van der Waals surface area contributed by atoms with Crippen molar-refractivity contribution >= 4 is 5.97 Å². The highest BCUT2D eigenvalue weighted by atomic mass is 16.5. The van der Waals surface area contributed by atoms with Crippen molar-refractivity contribution < 1.29 is 14.6 Å². The molecule has 2 aromatic rings. The van der Waals surface area contributed by atoms with Crippen molar-refractivity contribution in [2.45, 2.75) is 53.1 Å². The zero-order valence-electron chi connectivity index (χ0n) is 15.8. The van der Waals surface area contributed by atoms with Crippen LogP contribution in [-0.2, 0) is 12.0 Å². The van der Waals surface area contributed by atoms with Crippen molar-refractivity contribution in [3.8, 4) is 5.75 Å². The lowest BCUT2D eigenvalue weighted by molar-refractivity contribution is 0.0694. The highest BCUT2D eigenvalue weighted by molar-refractivity contribution is 5.89. The smallest absolute Gasteiger partial charge is 0.336 e. The Kier molecular flexibility index (Phi) is 5.56. The molecule has 0 aliphatic rings. The monoisotopic (exact) mass is 340 g/mol. The molecule has 0 saturated heterocycles. The fourth-order valence-corrected chi connectivity index (χ4v) is 3.45. The maximum Gasteiger partial charge on any atom is 0.336 e. The molecule has 0 spiro atoms. The zero-order valence-corrected chi connectivity index (χ0v) is 15.8. The van der Waals surface area contributed by atoms with Gasteiger partial charge in [-0.15, -0.1) is 0 Å². The van der Waals surface area contributed by atoms with Crippen molar-refractivity contribution in [3.05, 3.63) is 65.2 Å². The van der Waals surface area contributed by atoms with Crippen molar-refractivity contribution in [1.82, 2.24) is 0 Å². The van der Waals surface area contributed by atoms with E-state index in [-0.39, 0.29) is 23.0 Å². The number of carboxylic acid groups (broad SMARTS) is 1. The second-order valence-electron chi connectivity index (χ2n) is 8.40. The second kappa shape index (κ2) is 7.30. The summed E-state index contributed by atoms with van der Waals surface area (Å²) >= 11 is 0. The number of benzene rings is 2. The molecule has 0 heterocycles. The first-order valence-electron chi connectivity index (χ1n) is 8.63. The molecule has 0 bridgehead atoms. The summed E-state index contributed by atoms with van der Waals surface area (Å²) in [6, 6.07) is 15.0. The number of carbonyl (C=O) groups is 1. The van der Waals surface area contributed by atoms with Crippen LogP contribution in [0.3, 0.4) is 0 Å². The molecule has 0 atom stereocenters. The molecule has 25 heavy (non-hydrogen) atoms. The number of rotatable bonds is 6. The fourth-order valence-electron chi connectivity index (χ4n) is 3.45. The molecule has 2 rings (SSSR count). The van der Waals surface area contributed by atoms with E-state index in [0.717, 1.165) is 12.2 Å². The minimum Gasteiger partial charge on any atom is -0.489 e. The van der Waals surface area contributed by atoms with Gasteiger partial charge in [0.25, 0.3) is 0 Å². The third-order valence-corrected chi connectivity index (χ3v) is 4.25. The lowest BCUT2D eigenvalue weighted by atomic mass is 9.72. The van der Waals surface area contributed by atoms with Gasteiger partial charge in [0.05, 0.1) is 5.56 Å². The molecule has 134 valence electrons. The van der Waals surface area contributed by atoms with E-state index in [1.165, 1.54) is 5.56 Å². The number of ether oxygens (including phenoxy) is 1. The van der Waals surface area contributed by atoms with Gasteiger partial charge in [0.15, 0.2) is 0 Å². The van der Waals surface area contributed by atoms with Crippen molar-refractivity contribution in [2.24, 2.45) is 5.41 Å². The highest BCUT2D eigenvalue weighted by Crippen LogP contribution is 2.36. The van der Waals surface area contributed by atoms with Crippen molar-refractivity contribution in [2.75, 3.05) is 0 Å². The summed E-state index contributed by atoms with van der Waals surface area (Å²) < 4.78 is 5.79. The molecule has 3 nitrogen and oxygen atoms in total. The predicted octanol–water partition coefficient (Wildman–Crippen LogP) is 5.68. The Morgan fingerprint density at radius 2 is 1.56 bits per heavy atom. The number of hydrogen-bond acceptors (Lipinski definition) is 2. The molecule has 0 saturated carbocycles. The van der Waals surface area contributed by atoms with Crippen LogP contribution in [0.2, 0.25) is 0 Å². The van der Waals surface area contributed by atoms with Gasteiger partial charge in [-0.25, -0.2) is 4.79 Å². The molecule has 0 unspecified atom stereocenters. The van der Waals surface area contributed by atoms with Crippen molar-refractivity contribution in [3.63, 3.8) is 0 Å². The quantitative estimate of drug-likeness (QED) is 0.736. The zero-order chi connectivity index (χ0) is 18.7. The lowest BCUT2D eigenvalue weighted by Crippen LogP contribution is -2.24. The summed E-state index contributed by atoms with van der Waals surface area (Å²) in [7, 11) is 0. The maximum absolute atomic E-state index is 11.2. The third kappa shape index (κ3) is 5.35. The van der Waals surface area contributed by atoms with Crippen LogP contribution in [0, 0.1) is 5.41 Å². The van der Waals surface area contributed by atoms with Crippen LogP contribution >= 0.6 is 0 Å². The molecule has 0 fully saturated rings. The molecular formula is C22H28O3. The first kappa shape index (κ1) is 19.0. The van der Waals surface area contributed by atoms with E-state index >= 15 is 0 Å². The van der Waals surface area contributed by atoms with Crippen LogP contribution in [0.1, 0.15) is 62.5 Å². The van der Waals surface area contributed by atoms with Crippen LogP contribution in [0.4, 0.5) is 0 Å². The SMILES string of the molecule is CC(C)(C)CC(C)(C)c1ccc(OCc2ccccc2C(=O)O)cc1. The molecule has 0 aliphatic carbocycles. The highest BCUT2D eigenvalue weighted by Gasteiger charge is 2.27. The van der Waals surface area contributed by atoms with Crippen molar-refractivity contribution in [1.29, 1.82) is 0 Å². The Morgan fingerprint density at radius 1 is 0.960 bits per heavy atom. The molecule has 3 heteroatoms. The summed E-state index contributed by atoms with van der Waals surface area (Å²) in [6.07, 6.45) is 1.09. The topological polar surface area (TPSA) is 46.5 Å². The third-order valence-electron chi connectivity index (χ3n) is 4.25.